The third kappa shape index (κ3) is 4.17. The van der Waals surface area contributed by atoms with Crippen molar-refractivity contribution in [1.29, 1.82) is 0 Å². The highest BCUT2D eigenvalue weighted by atomic mass is 16.1. The summed E-state index contributed by atoms with van der Waals surface area (Å²) in [6.07, 6.45) is 4.58. The Morgan fingerprint density at radius 1 is 1.31 bits per heavy atom. The first-order valence-electron chi connectivity index (χ1n) is 9.85. The second-order valence-corrected chi connectivity index (χ2v) is 7.94. The molecule has 0 aliphatic heterocycles. The number of aryl methyl sites for hydroxylation is 2. The first-order chi connectivity index (χ1) is 12.5. The standard InChI is InChI=1S/C22H31N3O/c1-15(2)14-25-17(4)19(16(3)24-25)12-13-22(26)23-21-11-7-9-18-8-5-6-10-20(18)21/h5-6,8,10,15,21H,7,9,11-14H2,1-4H3,(H,23,26)/t21-/m0/s1. The summed E-state index contributed by atoms with van der Waals surface area (Å²) in [5.74, 6) is 0.706. The number of nitrogens with zero attached hydrogens (tertiary/aromatic N) is 2. The smallest absolute Gasteiger partial charge is 0.220 e. The molecule has 26 heavy (non-hydrogen) atoms. The zero-order valence-electron chi connectivity index (χ0n) is 16.5. The highest BCUT2D eigenvalue weighted by Gasteiger charge is 2.21. The number of carbonyl (C=O) groups excluding carboxylic acids is 1. The molecule has 4 nitrogen and oxygen atoms in total. The third-order valence-corrected chi connectivity index (χ3v) is 5.38. The van der Waals surface area contributed by atoms with Gasteiger partial charge in [0.15, 0.2) is 0 Å². The molecular weight excluding hydrogens is 322 g/mol. The van der Waals surface area contributed by atoms with Crippen LogP contribution < -0.4 is 5.32 Å². The van der Waals surface area contributed by atoms with Crippen molar-refractivity contribution in [3.8, 4) is 0 Å². The van der Waals surface area contributed by atoms with Crippen LogP contribution in [-0.4, -0.2) is 15.7 Å². The van der Waals surface area contributed by atoms with E-state index in [0.717, 1.165) is 37.9 Å². The van der Waals surface area contributed by atoms with Gasteiger partial charge >= 0.3 is 0 Å². The lowest BCUT2D eigenvalue weighted by Gasteiger charge is -2.26. The second kappa shape index (κ2) is 8.07. The van der Waals surface area contributed by atoms with Crippen molar-refractivity contribution in [2.75, 3.05) is 0 Å². The van der Waals surface area contributed by atoms with Crippen LogP contribution in [0.4, 0.5) is 0 Å². The number of hydrogen-bond donors (Lipinski definition) is 1. The van der Waals surface area contributed by atoms with Crippen LogP contribution in [0.5, 0.6) is 0 Å². The molecule has 1 N–H and O–H groups in total. The monoisotopic (exact) mass is 353 g/mol. The van der Waals surface area contributed by atoms with Crippen molar-refractivity contribution < 1.29 is 4.79 Å². The third-order valence-electron chi connectivity index (χ3n) is 5.38. The van der Waals surface area contributed by atoms with Crippen molar-refractivity contribution in [1.82, 2.24) is 15.1 Å². The van der Waals surface area contributed by atoms with Gasteiger partial charge in [-0.2, -0.15) is 5.10 Å². The van der Waals surface area contributed by atoms with Crippen LogP contribution in [0.25, 0.3) is 0 Å². The van der Waals surface area contributed by atoms with Gasteiger partial charge in [0.1, 0.15) is 0 Å². The molecule has 0 spiro atoms. The number of carbonyl (C=O) groups is 1. The number of aromatic nitrogens is 2. The molecule has 1 aliphatic carbocycles. The summed E-state index contributed by atoms with van der Waals surface area (Å²) in [5, 5.41) is 7.92. The van der Waals surface area contributed by atoms with Gasteiger partial charge in [-0.05, 0) is 62.1 Å². The number of amides is 1. The lowest BCUT2D eigenvalue weighted by atomic mass is 9.87. The lowest BCUT2D eigenvalue weighted by Crippen LogP contribution is -2.31. The van der Waals surface area contributed by atoms with Gasteiger partial charge in [-0.15, -0.1) is 0 Å². The van der Waals surface area contributed by atoms with Crippen LogP contribution in [0, 0.1) is 19.8 Å². The molecule has 0 radical (unpaired) electrons. The van der Waals surface area contributed by atoms with Crippen LogP contribution in [-0.2, 0) is 24.2 Å². The summed E-state index contributed by atoms with van der Waals surface area (Å²) in [6.45, 7) is 9.50. The molecule has 0 unspecified atom stereocenters. The molecule has 0 saturated carbocycles. The molecule has 1 atom stereocenters. The number of benzene rings is 1. The average Bonchev–Trinajstić information content (AvgIpc) is 2.86. The number of hydrogen-bond acceptors (Lipinski definition) is 2. The molecule has 4 heteroatoms. The molecule has 0 bridgehead atoms. The number of rotatable bonds is 6. The topological polar surface area (TPSA) is 46.9 Å². The normalized spacial score (nSPS) is 16.6. The Labute approximate surface area is 157 Å². The van der Waals surface area contributed by atoms with E-state index in [1.807, 2.05) is 0 Å². The Kier molecular flexibility index (Phi) is 5.80. The van der Waals surface area contributed by atoms with E-state index in [1.54, 1.807) is 0 Å². The molecule has 1 aromatic carbocycles. The Hall–Kier alpha value is -2.10. The van der Waals surface area contributed by atoms with Crippen molar-refractivity contribution in [3.05, 3.63) is 52.3 Å². The fraction of sp³-hybridized carbons (Fsp3) is 0.545. The van der Waals surface area contributed by atoms with Gasteiger partial charge in [0.2, 0.25) is 5.91 Å². The zero-order valence-corrected chi connectivity index (χ0v) is 16.5. The van der Waals surface area contributed by atoms with Gasteiger partial charge in [-0.25, -0.2) is 0 Å². The Morgan fingerprint density at radius 2 is 2.08 bits per heavy atom. The molecular formula is C22H31N3O. The molecule has 0 saturated heterocycles. The molecule has 1 heterocycles. The van der Waals surface area contributed by atoms with Crippen LogP contribution >= 0.6 is 0 Å². The van der Waals surface area contributed by atoms with Crippen LogP contribution in [0.2, 0.25) is 0 Å². The van der Waals surface area contributed by atoms with E-state index in [0.29, 0.717) is 12.3 Å². The predicted molar refractivity (Wildman–Crippen MR) is 105 cm³/mol. The largest absolute Gasteiger partial charge is 0.349 e. The van der Waals surface area contributed by atoms with Crippen LogP contribution in [0.3, 0.4) is 0 Å². The van der Waals surface area contributed by atoms with Gasteiger partial charge in [-0.1, -0.05) is 38.1 Å². The number of nitrogens with one attached hydrogen (secondary N) is 1. The Morgan fingerprint density at radius 3 is 2.85 bits per heavy atom. The molecule has 1 amide bonds. The van der Waals surface area contributed by atoms with Crippen LogP contribution in [0.15, 0.2) is 24.3 Å². The summed E-state index contributed by atoms with van der Waals surface area (Å²) < 4.78 is 2.09. The summed E-state index contributed by atoms with van der Waals surface area (Å²) in [4.78, 5) is 12.6. The maximum Gasteiger partial charge on any atom is 0.220 e. The van der Waals surface area contributed by atoms with E-state index in [9.17, 15) is 4.79 Å². The van der Waals surface area contributed by atoms with Gasteiger partial charge in [0, 0.05) is 18.7 Å². The molecule has 1 aromatic heterocycles. The van der Waals surface area contributed by atoms with Gasteiger partial charge < -0.3 is 5.32 Å². The van der Waals surface area contributed by atoms with E-state index < -0.39 is 0 Å². The maximum absolute atomic E-state index is 12.6. The van der Waals surface area contributed by atoms with Gasteiger partial charge in [-0.3, -0.25) is 9.48 Å². The van der Waals surface area contributed by atoms with Crippen molar-refractivity contribution in [2.24, 2.45) is 5.92 Å². The second-order valence-electron chi connectivity index (χ2n) is 7.94. The highest BCUT2D eigenvalue weighted by Crippen LogP contribution is 2.29. The highest BCUT2D eigenvalue weighted by molar-refractivity contribution is 5.77. The summed E-state index contributed by atoms with van der Waals surface area (Å²) in [6, 6.07) is 8.66. The zero-order chi connectivity index (χ0) is 18.7. The minimum atomic E-state index is 0.141. The molecule has 3 rings (SSSR count). The first-order valence-corrected chi connectivity index (χ1v) is 9.85. The summed E-state index contributed by atoms with van der Waals surface area (Å²) in [5.41, 5.74) is 6.16. The minimum Gasteiger partial charge on any atom is -0.349 e. The van der Waals surface area contributed by atoms with Crippen molar-refractivity contribution in [2.45, 2.75) is 72.4 Å². The summed E-state index contributed by atoms with van der Waals surface area (Å²) >= 11 is 0. The van der Waals surface area contributed by atoms with E-state index in [2.05, 4.69) is 67.1 Å². The Bertz CT molecular complexity index is 776. The fourth-order valence-corrected chi connectivity index (χ4v) is 4.03. The predicted octanol–water partition coefficient (Wildman–Crippen LogP) is 4.28. The van der Waals surface area contributed by atoms with Gasteiger partial charge in [0.05, 0.1) is 11.7 Å². The van der Waals surface area contributed by atoms with E-state index >= 15 is 0 Å². The van der Waals surface area contributed by atoms with E-state index in [4.69, 9.17) is 0 Å². The maximum atomic E-state index is 12.6. The first kappa shape index (κ1) is 18.7. The number of fused-ring (bicyclic) bond motifs is 1. The van der Waals surface area contributed by atoms with E-state index in [-0.39, 0.29) is 11.9 Å². The SMILES string of the molecule is Cc1nn(CC(C)C)c(C)c1CCC(=O)N[C@H]1CCCc2ccccc21. The molecule has 2 aromatic rings. The molecule has 1 aliphatic rings. The van der Waals surface area contributed by atoms with Crippen molar-refractivity contribution in [3.63, 3.8) is 0 Å². The minimum absolute atomic E-state index is 0.141. The quantitative estimate of drug-likeness (QED) is 0.842. The summed E-state index contributed by atoms with van der Waals surface area (Å²) in [7, 11) is 0. The van der Waals surface area contributed by atoms with E-state index in [1.165, 1.54) is 22.4 Å². The lowest BCUT2D eigenvalue weighted by molar-refractivity contribution is -0.121. The van der Waals surface area contributed by atoms with Crippen LogP contribution in [0.1, 0.15) is 67.2 Å². The van der Waals surface area contributed by atoms with Crippen molar-refractivity contribution >= 4 is 5.91 Å². The molecule has 140 valence electrons. The van der Waals surface area contributed by atoms with Gasteiger partial charge in [0.25, 0.3) is 0 Å². The molecule has 0 fully saturated rings. The Balaban J connectivity index is 1.61. The fourth-order valence-electron chi connectivity index (χ4n) is 4.03. The average molecular weight is 354 g/mol.